The summed E-state index contributed by atoms with van der Waals surface area (Å²) in [5, 5.41) is 8.19. The largest absolute Gasteiger partial charge is 0.480 e. The van der Waals surface area contributed by atoms with Crippen molar-refractivity contribution >= 4 is 11.9 Å². The van der Waals surface area contributed by atoms with Gasteiger partial charge in [0.15, 0.2) is 0 Å². The molecule has 0 unspecified atom stereocenters. The van der Waals surface area contributed by atoms with Crippen molar-refractivity contribution in [2.75, 3.05) is 26.3 Å². The van der Waals surface area contributed by atoms with E-state index in [9.17, 15) is 9.59 Å². The van der Waals surface area contributed by atoms with Crippen LogP contribution < -0.4 is 0 Å². The molecule has 0 radical (unpaired) electrons. The van der Waals surface area contributed by atoms with Crippen LogP contribution >= 0.6 is 0 Å². The number of carbonyl (C=O) groups is 2. The molecule has 0 aromatic rings. The third kappa shape index (κ3) is 2.50. The Labute approximate surface area is 69.9 Å². The van der Waals surface area contributed by atoms with Gasteiger partial charge in [-0.3, -0.25) is 4.79 Å². The van der Waals surface area contributed by atoms with Gasteiger partial charge in [-0.15, -0.1) is 0 Å². The molecular formula is C7H11NO4. The topological polar surface area (TPSA) is 66.8 Å². The predicted octanol–water partition coefficient (Wildman–Crippen LogP) is -0.680. The molecule has 0 aliphatic carbocycles. The summed E-state index contributed by atoms with van der Waals surface area (Å²) in [5.41, 5.74) is 0. The molecule has 0 atom stereocenters. The van der Waals surface area contributed by atoms with Crippen molar-refractivity contribution in [3.63, 3.8) is 0 Å². The lowest BCUT2D eigenvalue weighted by Gasteiger charge is -2.30. The minimum atomic E-state index is -1.05. The Morgan fingerprint density at radius 1 is 1.33 bits per heavy atom. The molecule has 5 heteroatoms. The minimum Gasteiger partial charge on any atom is -0.480 e. The second kappa shape index (κ2) is 4.06. The van der Waals surface area contributed by atoms with Crippen LogP contribution in [-0.2, 0) is 14.3 Å². The first-order chi connectivity index (χ1) is 5.70. The number of nitrogens with zero attached hydrogens (tertiary/aromatic N) is 1. The van der Waals surface area contributed by atoms with E-state index in [0.29, 0.717) is 0 Å². The van der Waals surface area contributed by atoms with Crippen LogP contribution in [0.15, 0.2) is 0 Å². The maximum Gasteiger partial charge on any atom is 0.329 e. The summed E-state index contributed by atoms with van der Waals surface area (Å²) in [6.07, 6.45) is 1.03. The Morgan fingerprint density at radius 3 is 2.42 bits per heavy atom. The van der Waals surface area contributed by atoms with Crippen LogP contribution in [0, 0.1) is 0 Å². The van der Waals surface area contributed by atoms with Gasteiger partial charge in [0.05, 0.1) is 0 Å². The van der Waals surface area contributed by atoms with Crippen LogP contribution in [0.3, 0.4) is 0 Å². The van der Waals surface area contributed by atoms with Crippen LogP contribution in [0.1, 0.15) is 6.42 Å². The van der Waals surface area contributed by atoms with Gasteiger partial charge in [-0.05, 0) is 6.42 Å². The summed E-state index contributed by atoms with van der Waals surface area (Å²) in [6.45, 7) is 1.02. The van der Waals surface area contributed by atoms with E-state index >= 15 is 0 Å². The molecule has 0 spiro atoms. The zero-order valence-electron chi connectivity index (χ0n) is 6.65. The van der Waals surface area contributed by atoms with Crippen molar-refractivity contribution < 1.29 is 19.4 Å². The van der Waals surface area contributed by atoms with Crippen LogP contribution in [0.25, 0.3) is 0 Å². The molecule has 5 nitrogen and oxygen atoms in total. The molecule has 1 aliphatic heterocycles. The van der Waals surface area contributed by atoms with Crippen molar-refractivity contribution in [3.8, 4) is 0 Å². The fraction of sp³-hybridized carbons (Fsp3) is 0.714. The number of aliphatic carboxylic acids is 1. The molecule has 1 N–H and O–H groups in total. The normalized spacial score (nSPS) is 15.5. The van der Waals surface area contributed by atoms with E-state index in [-0.39, 0.29) is 12.5 Å². The van der Waals surface area contributed by atoms with Crippen LogP contribution in [0.5, 0.6) is 0 Å². The highest BCUT2D eigenvalue weighted by Gasteiger charge is 2.19. The molecule has 0 aromatic carbocycles. The highest BCUT2D eigenvalue weighted by Crippen LogP contribution is 2.05. The Hall–Kier alpha value is -1.10. The van der Waals surface area contributed by atoms with Crippen molar-refractivity contribution in [3.05, 3.63) is 0 Å². The van der Waals surface area contributed by atoms with Crippen molar-refractivity contribution in [2.45, 2.75) is 6.42 Å². The number of hydrogen-bond acceptors (Lipinski definition) is 3. The molecule has 0 bridgehead atoms. The predicted molar refractivity (Wildman–Crippen MR) is 39.7 cm³/mol. The lowest BCUT2D eigenvalue weighted by atomic mass is 10.2. The number of amides is 1. The lowest BCUT2D eigenvalue weighted by molar-refractivity contribution is -0.147. The number of hydrogen-bond donors (Lipinski definition) is 1. The van der Waals surface area contributed by atoms with Crippen molar-refractivity contribution in [1.82, 2.24) is 4.90 Å². The van der Waals surface area contributed by atoms with E-state index in [4.69, 9.17) is 5.11 Å². The summed E-state index contributed by atoms with van der Waals surface area (Å²) in [6, 6.07) is 0. The minimum absolute atomic E-state index is 0.119. The number of carboxylic acids is 1. The maximum absolute atomic E-state index is 11.0. The Morgan fingerprint density at radius 2 is 2.00 bits per heavy atom. The van der Waals surface area contributed by atoms with E-state index in [1.54, 1.807) is 4.90 Å². The Kier molecular flexibility index (Phi) is 3.04. The van der Waals surface area contributed by atoms with Crippen LogP contribution in [0.4, 0.5) is 0 Å². The summed E-state index contributed by atoms with van der Waals surface area (Å²) >= 11 is 0. The molecule has 1 amide bonds. The second-order valence-electron chi connectivity index (χ2n) is 2.62. The summed E-state index contributed by atoms with van der Waals surface area (Å²) in [5.74, 6) is -1.17. The fourth-order valence-electron chi connectivity index (χ4n) is 0.883. The van der Waals surface area contributed by atoms with Crippen LogP contribution in [-0.4, -0.2) is 48.2 Å². The molecule has 12 heavy (non-hydrogen) atoms. The van der Waals surface area contributed by atoms with Crippen molar-refractivity contribution in [1.29, 1.82) is 0 Å². The second-order valence-corrected chi connectivity index (χ2v) is 2.62. The smallest absolute Gasteiger partial charge is 0.329 e. The van der Waals surface area contributed by atoms with E-state index in [1.165, 1.54) is 0 Å². The van der Waals surface area contributed by atoms with Gasteiger partial charge in [0, 0.05) is 13.1 Å². The molecule has 0 aromatic heterocycles. The fourth-order valence-corrected chi connectivity index (χ4v) is 0.883. The SMILES string of the molecule is O=C(O)COCC(=O)N1CCC1. The number of likely N-dealkylation sites (tertiary alicyclic amines) is 1. The van der Waals surface area contributed by atoms with E-state index < -0.39 is 12.6 Å². The van der Waals surface area contributed by atoms with E-state index in [0.717, 1.165) is 19.5 Å². The van der Waals surface area contributed by atoms with Gasteiger partial charge in [-0.2, -0.15) is 0 Å². The highest BCUT2D eigenvalue weighted by atomic mass is 16.5. The third-order valence-corrected chi connectivity index (χ3v) is 1.66. The van der Waals surface area contributed by atoms with Gasteiger partial charge in [0.1, 0.15) is 13.2 Å². The molecule has 1 aliphatic rings. The van der Waals surface area contributed by atoms with E-state index in [1.807, 2.05) is 0 Å². The van der Waals surface area contributed by atoms with Gasteiger partial charge < -0.3 is 14.7 Å². The third-order valence-electron chi connectivity index (χ3n) is 1.66. The van der Waals surface area contributed by atoms with Gasteiger partial charge in [0.2, 0.25) is 5.91 Å². The zero-order chi connectivity index (χ0) is 8.97. The molecule has 1 rings (SSSR count). The highest BCUT2D eigenvalue weighted by molar-refractivity contribution is 5.78. The molecule has 1 heterocycles. The number of ether oxygens (including phenoxy) is 1. The van der Waals surface area contributed by atoms with Gasteiger partial charge in [-0.25, -0.2) is 4.79 Å². The van der Waals surface area contributed by atoms with E-state index in [2.05, 4.69) is 4.74 Å². The molecular weight excluding hydrogens is 162 g/mol. The average molecular weight is 173 g/mol. The molecule has 68 valence electrons. The Balaban J connectivity index is 2.05. The average Bonchev–Trinajstić information content (AvgIpc) is 1.81. The first-order valence-corrected chi connectivity index (χ1v) is 3.77. The van der Waals surface area contributed by atoms with Crippen LogP contribution in [0.2, 0.25) is 0 Å². The molecule has 1 saturated heterocycles. The first-order valence-electron chi connectivity index (χ1n) is 3.77. The van der Waals surface area contributed by atoms with Gasteiger partial charge >= 0.3 is 5.97 Å². The molecule has 1 fully saturated rings. The molecule has 0 saturated carbocycles. The summed E-state index contributed by atoms with van der Waals surface area (Å²) in [7, 11) is 0. The first kappa shape index (κ1) is 8.99. The quantitative estimate of drug-likeness (QED) is 0.611. The Bertz CT molecular complexity index is 188. The number of rotatable bonds is 4. The maximum atomic E-state index is 11.0. The summed E-state index contributed by atoms with van der Waals surface area (Å²) in [4.78, 5) is 22.6. The van der Waals surface area contributed by atoms with Gasteiger partial charge in [0.25, 0.3) is 0 Å². The van der Waals surface area contributed by atoms with Crippen molar-refractivity contribution in [2.24, 2.45) is 0 Å². The number of carboxylic acid groups (broad SMARTS) is 1. The standard InChI is InChI=1S/C7H11NO4/c9-6(8-2-1-3-8)4-12-5-7(10)11/h1-5H2,(H,10,11). The van der Waals surface area contributed by atoms with Gasteiger partial charge in [-0.1, -0.05) is 0 Å². The summed E-state index contributed by atoms with van der Waals surface area (Å²) < 4.78 is 4.62. The number of carbonyl (C=O) groups excluding carboxylic acids is 1. The zero-order valence-corrected chi connectivity index (χ0v) is 6.65. The lowest BCUT2D eigenvalue weighted by Crippen LogP contribution is -2.44. The monoisotopic (exact) mass is 173 g/mol.